The first-order valence-electron chi connectivity index (χ1n) is 6.93. The first kappa shape index (κ1) is 13.8. The number of ether oxygens (including phenoxy) is 2. The van der Waals surface area contributed by atoms with Gasteiger partial charge in [0.1, 0.15) is 0 Å². The molecule has 5 heteroatoms. The van der Waals surface area contributed by atoms with E-state index >= 15 is 0 Å². The second kappa shape index (κ2) is 7.07. The summed E-state index contributed by atoms with van der Waals surface area (Å²) >= 11 is 0. The molecule has 0 aromatic rings. The lowest BCUT2D eigenvalue weighted by Gasteiger charge is -2.36. The fraction of sp³-hybridized carbons (Fsp3) is 0.923. The van der Waals surface area contributed by atoms with Crippen molar-refractivity contribution in [2.24, 2.45) is 0 Å². The van der Waals surface area contributed by atoms with Crippen LogP contribution in [0.2, 0.25) is 0 Å². The molecular formula is C13H23NO4. The summed E-state index contributed by atoms with van der Waals surface area (Å²) in [5.41, 5.74) is 0. The average Bonchev–Trinajstić information content (AvgIpc) is 2.46. The lowest BCUT2D eigenvalue weighted by molar-refractivity contribution is -0.161. The maximum atomic E-state index is 12.4. The first-order chi connectivity index (χ1) is 8.83. The predicted molar refractivity (Wildman–Crippen MR) is 66.2 cm³/mol. The summed E-state index contributed by atoms with van der Waals surface area (Å²) in [6, 6.07) is 0.268. The van der Waals surface area contributed by atoms with Gasteiger partial charge in [-0.1, -0.05) is 19.3 Å². The number of hydrogen-bond donors (Lipinski definition) is 1. The molecule has 1 aliphatic heterocycles. The van der Waals surface area contributed by atoms with Crippen LogP contribution in [0.5, 0.6) is 0 Å². The van der Waals surface area contributed by atoms with Crippen molar-refractivity contribution in [3.8, 4) is 0 Å². The van der Waals surface area contributed by atoms with E-state index in [1.54, 1.807) is 4.90 Å². The van der Waals surface area contributed by atoms with Gasteiger partial charge in [0.25, 0.3) is 5.91 Å². The number of carbonyl (C=O) groups excluding carboxylic acids is 1. The Kier molecular flexibility index (Phi) is 5.41. The molecule has 0 aromatic heterocycles. The summed E-state index contributed by atoms with van der Waals surface area (Å²) in [7, 11) is 0. The predicted octanol–water partition coefficient (Wildman–Crippen LogP) is 0.555. The minimum absolute atomic E-state index is 0.00974. The highest BCUT2D eigenvalue weighted by Gasteiger charge is 2.32. The standard InChI is InChI=1S/C13H23NO4/c15-7-6-14(11-4-2-1-3-5-11)13(16)12-10-17-8-9-18-12/h11-12,15H,1-10H2. The molecule has 104 valence electrons. The van der Waals surface area contributed by atoms with Crippen molar-refractivity contribution in [2.45, 2.75) is 44.2 Å². The highest BCUT2D eigenvalue weighted by molar-refractivity contribution is 5.81. The van der Waals surface area contributed by atoms with Crippen LogP contribution in [-0.4, -0.2) is 61.0 Å². The third-order valence-electron chi connectivity index (χ3n) is 3.73. The van der Waals surface area contributed by atoms with E-state index in [2.05, 4.69) is 0 Å². The van der Waals surface area contributed by atoms with Gasteiger partial charge in [-0.2, -0.15) is 0 Å². The normalized spacial score (nSPS) is 25.9. The van der Waals surface area contributed by atoms with Gasteiger partial charge >= 0.3 is 0 Å². The smallest absolute Gasteiger partial charge is 0.254 e. The number of aliphatic hydroxyl groups is 1. The van der Waals surface area contributed by atoms with E-state index in [1.165, 1.54) is 19.3 Å². The van der Waals surface area contributed by atoms with Crippen molar-refractivity contribution in [3.63, 3.8) is 0 Å². The molecule has 1 saturated carbocycles. The molecule has 0 bridgehead atoms. The van der Waals surface area contributed by atoms with Crippen molar-refractivity contribution < 1.29 is 19.4 Å². The second-order valence-electron chi connectivity index (χ2n) is 4.98. The third-order valence-corrected chi connectivity index (χ3v) is 3.73. The van der Waals surface area contributed by atoms with Crippen LogP contribution in [-0.2, 0) is 14.3 Å². The van der Waals surface area contributed by atoms with E-state index in [1.807, 2.05) is 0 Å². The molecule has 1 amide bonds. The van der Waals surface area contributed by atoms with Gasteiger partial charge in [-0.25, -0.2) is 0 Å². The molecule has 0 spiro atoms. The van der Waals surface area contributed by atoms with Crippen LogP contribution in [0.3, 0.4) is 0 Å². The van der Waals surface area contributed by atoms with Crippen LogP contribution in [0.15, 0.2) is 0 Å². The molecule has 2 aliphatic rings. The molecule has 1 unspecified atom stereocenters. The Morgan fingerprint density at radius 1 is 1.22 bits per heavy atom. The number of rotatable bonds is 4. The average molecular weight is 257 g/mol. The summed E-state index contributed by atoms with van der Waals surface area (Å²) in [5, 5.41) is 9.15. The Balaban J connectivity index is 1.96. The fourth-order valence-electron chi connectivity index (χ4n) is 2.79. The molecular weight excluding hydrogens is 234 g/mol. The summed E-state index contributed by atoms with van der Waals surface area (Å²) < 4.78 is 10.7. The Labute approximate surface area is 108 Å². The molecule has 0 radical (unpaired) electrons. The summed E-state index contributed by atoms with van der Waals surface area (Å²) in [6.45, 7) is 1.80. The molecule has 2 fully saturated rings. The maximum Gasteiger partial charge on any atom is 0.254 e. The number of amides is 1. The van der Waals surface area contributed by atoms with Crippen LogP contribution in [0.4, 0.5) is 0 Å². The molecule has 1 N–H and O–H groups in total. The van der Waals surface area contributed by atoms with Gasteiger partial charge < -0.3 is 19.5 Å². The molecule has 18 heavy (non-hydrogen) atoms. The largest absolute Gasteiger partial charge is 0.395 e. The van der Waals surface area contributed by atoms with Gasteiger partial charge in [0.15, 0.2) is 6.10 Å². The monoisotopic (exact) mass is 257 g/mol. The Hall–Kier alpha value is -0.650. The zero-order valence-electron chi connectivity index (χ0n) is 10.8. The van der Waals surface area contributed by atoms with Crippen LogP contribution in [0.1, 0.15) is 32.1 Å². The van der Waals surface area contributed by atoms with Crippen LogP contribution in [0.25, 0.3) is 0 Å². The van der Waals surface area contributed by atoms with E-state index < -0.39 is 6.10 Å². The van der Waals surface area contributed by atoms with Gasteiger partial charge in [0, 0.05) is 12.6 Å². The zero-order chi connectivity index (χ0) is 12.8. The van der Waals surface area contributed by atoms with E-state index in [4.69, 9.17) is 14.6 Å². The van der Waals surface area contributed by atoms with Crippen LogP contribution >= 0.6 is 0 Å². The highest BCUT2D eigenvalue weighted by atomic mass is 16.6. The van der Waals surface area contributed by atoms with Gasteiger partial charge in [-0.3, -0.25) is 4.79 Å². The van der Waals surface area contributed by atoms with Crippen molar-refractivity contribution in [2.75, 3.05) is 33.0 Å². The molecule has 5 nitrogen and oxygen atoms in total. The van der Waals surface area contributed by atoms with E-state index in [-0.39, 0.29) is 18.6 Å². The quantitative estimate of drug-likeness (QED) is 0.799. The number of aliphatic hydroxyl groups excluding tert-OH is 1. The van der Waals surface area contributed by atoms with Gasteiger partial charge in [-0.15, -0.1) is 0 Å². The first-order valence-corrected chi connectivity index (χ1v) is 6.93. The lowest BCUT2D eigenvalue weighted by atomic mass is 9.94. The molecule has 0 aromatic carbocycles. The Morgan fingerprint density at radius 2 is 2.00 bits per heavy atom. The molecule has 1 atom stereocenters. The summed E-state index contributed by atoms with van der Waals surface area (Å²) in [6.07, 6.45) is 5.19. The van der Waals surface area contributed by atoms with Crippen LogP contribution in [0, 0.1) is 0 Å². The van der Waals surface area contributed by atoms with Crippen LogP contribution < -0.4 is 0 Å². The Morgan fingerprint density at radius 3 is 2.61 bits per heavy atom. The third kappa shape index (κ3) is 3.43. The van der Waals surface area contributed by atoms with Crippen molar-refractivity contribution in [1.82, 2.24) is 4.90 Å². The number of carbonyl (C=O) groups is 1. The van der Waals surface area contributed by atoms with Crippen molar-refractivity contribution in [3.05, 3.63) is 0 Å². The lowest BCUT2D eigenvalue weighted by Crippen LogP contribution is -2.51. The van der Waals surface area contributed by atoms with Gasteiger partial charge in [0.05, 0.1) is 26.4 Å². The van der Waals surface area contributed by atoms with E-state index in [9.17, 15) is 4.79 Å². The molecule has 1 saturated heterocycles. The fourth-order valence-corrected chi connectivity index (χ4v) is 2.79. The minimum Gasteiger partial charge on any atom is -0.395 e. The van der Waals surface area contributed by atoms with Gasteiger partial charge in [-0.05, 0) is 12.8 Å². The number of nitrogens with zero attached hydrogens (tertiary/aromatic N) is 1. The van der Waals surface area contributed by atoms with E-state index in [0.29, 0.717) is 26.4 Å². The summed E-state index contributed by atoms with van der Waals surface area (Å²) in [4.78, 5) is 14.2. The summed E-state index contributed by atoms with van der Waals surface area (Å²) in [5.74, 6) is -0.0179. The molecule has 2 rings (SSSR count). The highest BCUT2D eigenvalue weighted by Crippen LogP contribution is 2.23. The second-order valence-corrected chi connectivity index (χ2v) is 4.98. The molecule has 1 heterocycles. The maximum absolute atomic E-state index is 12.4. The van der Waals surface area contributed by atoms with Gasteiger partial charge in [0.2, 0.25) is 0 Å². The SMILES string of the molecule is O=C(C1COCCO1)N(CCO)C1CCCCC1. The zero-order valence-corrected chi connectivity index (χ0v) is 10.8. The molecule has 1 aliphatic carbocycles. The van der Waals surface area contributed by atoms with Crippen molar-refractivity contribution >= 4 is 5.91 Å². The minimum atomic E-state index is -0.479. The number of hydrogen-bond acceptors (Lipinski definition) is 4. The van der Waals surface area contributed by atoms with Crippen molar-refractivity contribution in [1.29, 1.82) is 0 Å². The topological polar surface area (TPSA) is 59.0 Å². The Bertz CT molecular complexity index is 260. The van der Waals surface area contributed by atoms with E-state index in [0.717, 1.165) is 12.8 Å².